The van der Waals surface area contributed by atoms with Crippen LogP contribution in [-0.2, 0) is 6.18 Å². The number of benzene rings is 5. The molecule has 6 aromatic rings. The van der Waals surface area contributed by atoms with Crippen LogP contribution in [0.5, 0.6) is 11.5 Å². The van der Waals surface area contributed by atoms with Crippen molar-refractivity contribution in [3.63, 3.8) is 0 Å². The minimum atomic E-state index is -4.60. The molecule has 5 aromatic carbocycles. The Morgan fingerprint density at radius 3 is 2.38 bits per heavy atom. The molecule has 0 saturated heterocycles. The summed E-state index contributed by atoms with van der Waals surface area (Å²) in [6, 6.07) is 29.9. The third kappa shape index (κ3) is 5.98. The van der Waals surface area contributed by atoms with Gasteiger partial charge < -0.3 is 14.5 Å². The number of fused-ring (bicyclic) bond motifs is 3. The summed E-state index contributed by atoms with van der Waals surface area (Å²) in [4.78, 5) is 29.3. The van der Waals surface area contributed by atoms with Gasteiger partial charge in [-0.25, -0.2) is 10.2 Å². The standard InChI is InChI=1S/C35H24F3N3O4/c1-44-29-18-21(14-17-28(29)45-34(43)24-11-7-12-25(19-24)35(36,37)38)20-39-41-33(42)32-30(23-9-3-2-4-10-23)27-16-15-22-8-5-6-13-26(22)31(27)40-32/h2-20,40H,1H3,(H,41,42). The average molecular weight is 608 g/mol. The SMILES string of the molecule is COc1cc(C=NNC(=O)c2[nH]c3c(ccc4ccccc43)c2-c2ccccc2)ccc1OC(=O)c1cccc(C(F)(F)F)c1. The monoisotopic (exact) mass is 607 g/mol. The first kappa shape index (κ1) is 29.2. The second-order valence-corrected chi connectivity index (χ2v) is 10.0. The molecule has 1 heterocycles. The summed E-state index contributed by atoms with van der Waals surface area (Å²) in [5.74, 6) is -1.30. The van der Waals surface area contributed by atoms with Crippen molar-refractivity contribution in [3.8, 4) is 22.6 Å². The van der Waals surface area contributed by atoms with Gasteiger partial charge in [0.15, 0.2) is 11.5 Å². The highest BCUT2D eigenvalue weighted by Crippen LogP contribution is 2.36. The van der Waals surface area contributed by atoms with Crippen molar-refractivity contribution in [3.05, 3.63) is 132 Å². The lowest BCUT2D eigenvalue weighted by molar-refractivity contribution is -0.137. The Morgan fingerprint density at radius 2 is 1.60 bits per heavy atom. The number of rotatable bonds is 7. The predicted octanol–water partition coefficient (Wildman–Crippen LogP) is 8.00. The normalized spacial score (nSPS) is 11.6. The number of hydrogen-bond acceptors (Lipinski definition) is 5. The molecule has 6 rings (SSSR count). The Balaban J connectivity index is 1.23. The molecule has 0 radical (unpaired) electrons. The topological polar surface area (TPSA) is 92.8 Å². The van der Waals surface area contributed by atoms with Gasteiger partial charge in [-0.05, 0) is 52.9 Å². The number of halogens is 3. The van der Waals surface area contributed by atoms with Gasteiger partial charge in [-0.2, -0.15) is 18.3 Å². The van der Waals surface area contributed by atoms with Gasteiger partial charge in [-0.1, -0.05) is 72.8 Å². The number of methoxy groups -OCH3 is 1. The number of H-pyrrole nitrogens is 1. The molecule has 0 aliphatic heterocycles. The molecule has 0 aliphatic carbocycles. The molecule has 0 saturated carbocycles. The van der Waals surface area contributed by atoms with E-state index in [1.165, 1.54) is 31.5 Å². The smallest absolute Gasteiger partial charge is 0.416 e. The summed E-state index contributed by atoms with van der Waals surface area (Å²) in [5, 5.41) is 7.03. The fourth-order valence-electron chi connectivity index (χ4n) is 5.06. The van der Waals surface area contributed by atoms with Crippen LogP contribution in [0, 0.1) is 0 Å². The molecule has 0 aliphatic rings. The van der Waals surface area contributed by atoms with Crippen LogP contribution < -0.4 is 14.9 Å². The maximum atomic E-state index is 13.4. The summed E-state index contributed by atoms with van der Waals surface area (Å²) >= 11 is 0. The summed E-state index contributed by atoms with van der Waals surface area (Å²) in [5.41, 5.74) is 4.64. The Kier molecular flexibility index (Phi) is 7.78. The Hall–Kier alpha value is -5.90. The van der Waals surface area contributed by atoms with Crippen molar-refractivity contribution in [2.45, 2.75) is 6.18 Å². The van der Waals surface area contributed by atoms with Crippen LogP contribution >= 0.6 is 0 Å². The minimum Gasteiger partial charge on any atom is -0.493 e. The van der Waals surface area contributed by atoms with E-state index in [4.69, 9.17) is 9.47 Å². The molecule has 0 bridgehead atoms. The average Bonchev–Trinajstić information content (AvgIpc) is 3.46. The third-order valence-electron chi connectivity index (χ3n) is 7.18. The summed E-state index contributed by atoms with van der Waals surface area (Å²) < 4.78 is 49.8. The fraction of sp³-hybridized carbons (Fsp3) is 0.0571. The Bertz CT molecular complexity index is 2090. The second-order valence-electron chi connectivity index (χ2n) is 10.0. The quantitative estimate of drug-likeness (QED) is 0.0833. The molecule has 7 nitrogen and oxygen atoms in total. The zero-order valence-electron chi connectivity index (χ0n) is 23.7. The molecule has 0 atom stereocenters. The number of hydrogen-bond donors (Lipinski definition) is 2. The van der Waals surface area contributed by atoms with E-state index in [0.29, 0.717) is 11.3 Å². The number of esters is 1. The zero-order chi connectivity index (χ0) is 31.6. The maximum Gasteiger partial charge on any atom is 0.416 e. The Morgan fingerprint density at radius 1 is 0.822 bits per heavy atom. The first-order valence-corrected chi connectivity index (χ1v) is 13.7. The highest BCUT2D eigenvalue weighted by molar-refractivity contribution is 6.16. The number of carbonyl (C=O) groups is 2. The summed E-state index contributed by atoms with van der Waals surface area (Å²) in [6.45, 7) is 0. The van der Waals surface area contributed by atoms with Crippen LogP contribution in [-0.4, -0.2) is 30.2 Å². The fourth-order valence-corrected chi connectivity index (χ4v) is 5.06. The van der Waals surface area contributed by atoms with Gasteiger partial charge in [0.1, 0.15) is 5.69 Å². The second kappa shape index (κ2) is 12.0. The lowest BCUT2D eigenvalue weighted by atomic mass is 9.99. The highest BCUT2D eigenvalue weighted by atomic mass is 19.4. The van der Waals surface area contributed by atoms with Crippen molar-refractivity contribution < 1.29 is 32.2 Å². The molecule has 0 unspecified atom stereocenters. The van der Waals surface area contributed by atoms with E-state index >= 15 is 0 Å². The van der Waals surface area contributed by atoms with Crippen molar-refractivity contribution in [2.24, 2.45) is 5.10 Å². The van der Waals surface area contributed by atoms with Crippen LogP contribution in [0.2, 0.25) is 0 Å². The first-order chi connectivity index (χ1) is 21.7. The van der Waals surface area contributed by atoms with Gasteiger partial charge in [0.25, 0.3) is 5.91 Å². The van der Waals surface area contributed by atoms with Crippen LogP contribution in [0.25, 0.3) is 32.8 Å². The van der Waals surface area contributed by atoms with Crippen molar-refractivity contribution in [1.82, 2.24) is 10.4 Å². The van der Waals surface area contributed by atoms with Gasteiger partial charge in [0.05, 0.1) is 30.0 Å². The molecular formula is C35H24F3N3O4. The number of nitrogens with zero attached hydrogens (tertiary/aromatic N) is 1. The molecule has 0 spiro atoms. The van der Waals surface area contributed by atoms with Crippen LogP contribution in [0.3, 0.4) is 0 Å². The number of nitrogens with one attached hydrogen (secondary N) is 2. The number of amides is 1. The lowest BCUT2D eigenvalue weighted by Gasteiger charge is -2.11. The van der Waals surface area contributed by atoms with Gasteiger partial charge in [0.2, 0.25) is 0 Å². The number of aromatic amines is 1. The number of aromatic nitrogens is 1. The van der Waals surface area contributed by atoms with Crippen molar-refractivity contribution in [2.75, 3.05) is 7.11 Å². The number of ether oxygens (including phenoxy) is 2. The van der Waals surface area contributed by atoms with E-state index in [9.17, 15) is 22.8 Å². The van der Waals surface area contributed by atoms with E-state index in [1.807, 2.05) is 66.7 Å². The van der Waals surface area contributed by atoms with E-state index in [-0.39, 0.29) is 17.1 Å². The third-order valence-corrected chi connectivity index (χ3v) is 7.18. The van der Waals surface area contributed by atoms with Gasteiger partial charge in [-0.15, -0.1) is 0 Å². The molecule has 1 amide bonds. The molecule has 224 valence electrons. The van der Waals surface area contributed by atoms with Crippen molar-refractivity contribution in [1.29, 1.82) is 0 Å². The van der Waals surface area contributed by atoms with E-state index < -0.39 is 23.6 Å². The van der Waals surface area contributed by atoms with E-state index in [1.54, 1.807) is 6.07 Å². The maximum absolute atomic E-state index is 13.4. The Labute approximate surface area is 254 Å². The molecule has 2 N–H and O–H groups in total. The van der Waals surface area contributed by atoms with Crippen LogP contribution in [0.4, 0.5) is 13.2 Å². The molecule has 0 fully saturated rings. The lowest BCUT2D eigenvalue weighted by Crippen LogP contribution is -2.18. The van der Waals surface area contributed by atoms with Gasteiger partial charge in [-0.3, -0.25) is 4.79 Å². The molecule has 10 heteroatoms. The molecule has 45 heavy (non-hydrogen) atoms. The van der Waals surface area contributed by atoms with Crippen LogP contribution in [0.1, 0.15) is 32.0 Å². The number of hydrazone groups is 1. The van der Waals surface area contributed by atoms with Crippen LogP contribution in [0.15, 0.2) is 114 Å². The molecular weight excluding hydrogens is 583 g/mol. The predicted molar refractivity (Wildman–Crippen MR) is 166 cm³/mol. The highest BCUT2D eigenvalue weighted by Gasteiger charge is 2.31. The summed E-state index contributed by atoms with van der Waals surface area (Å²) in [6.07, 6.45) is -3.21. The largest absolute Gasteiger partial charge is 0.493 e. The van der Waals surface area contributed by atoms with Crippen molar-refractivity contribution >= 4 is 39.8 Å². The van der Waals surface area contributed by atoms with E-state index in [0.717, 1.165) is 51.0 Å². The first-order valence-electron chi connectivity index (χ1n) is 13.7. The minimum absolute atomic E-state index is 0.00102. The zero-order valence-corrected chi connectivity index (χ0v) is 23.7. The van der Waals surface area contributed by atoms with Gasteiger partial charge in [0, 0.05) is 16.3 Å². The number of carbonyl (C=O) groups excluding carboxylic acids is 2. The van der Waals surface area contributed by atoms with E-state index in [2.05, 4.69) is 15.5 Å². The number of alkyl halides is 3. The summed E-state index contributed by atoms with van der Waals surface area (Å²) in [7, 11) is 1.35. The molecule has 1 aromatic heterocycles. The van der Waals surface area contributed by atoms with Gasteiger partial charge >= 0.3 is 12.1 Å².